The molecule has 29 heavy (non-hydrogen) atoms. The van der Waals surface area contributed by atoms with Crippen LogP contribution in [0.5, 0.6) is 0 Å². The third kappa shape index (κ3) is 5.09. The van der Waals surface area contributed by atoms with Crippen molar-refractivity contribution >= 4 is 0 Å². The number of halogens is 1. The van der Waals surface area contributed by atoms with Gasteiger partial charge in [0.2, 0.25) is 0 Å². The van der Waals surface area contributed by atoms with Crippen LogP contribution in [0.25, 0.3) is 16.9 Å². The third-order valence-electron chi connectivity index (χ3n) is 5.43. The number of likely N-dealkylation sites (N-methyl/N-ethyl adjacent to an activating group) is 1. The van der Waals surface area contributed by atoms with Gasteiger partial charge >= 0.3 is 0 Å². The van der Waals surface area contributed by atoms with E-state index in [0.717, 1.165) is 61.9 Å². The molecule has 152 valence electrons. The van der Waals surface area contributed by atoms with Crippen LogP contribution in [-0.4, -0.2) is 65.9 Å². The Hall–Kier alpha value is -2.54. The van der Waals surface area contributed by atoms with Gasteiger partial charge in [-0.3, -0.25) is 4.90 Å². The number of rotatable bonds is 7. The molecule has 1 aliphatic rings. The smallest absolute Gasteiger partial charge is 0.123 e. The fourth-order valence-corrected chi connectivity index (χ4v) is 3.63. The van der Waals surface area contributed by atoms with Crippen molar-refractivity contribution in [2.45, 2.75) is 6.54 Å². The summed E-state index contributed by atoms with van der Waals surface area (Å²) in [4.78, 5) is 4.87. The molecule has 0 amide bonds. The summed E-state index contributed by atoms with van der Waals surface area (Å²) < 4.78 is 15.3. The highest BCUT2D eigenvalue weighted by Gasteiger charge is 2.14. The van der Waals surface area contributed by atoms with E-state index >= 15 is 0 Å². The van der Waals surface area contributed by atoms with Crippen molar-refractivity contribution in [2.75, 3.05) is 46.3 Å². The van der Waals surface area contributed by atoms with E-state index in [1.54, 1.807) is 12.1 Å². The lowest BCUT2D eigenvalue weighted by molar-refractivity contribution is 0.154. The van der Waals surface area contributed by atoms with Crippen LogP contribution < -0.4 is 5.32 Å². The van der Waals surface area contributed by atoms with Gasteiger partial charge in [0.05, 0.1) is 17.1 Å². The lowest BCUT2D eigenvalue weighted by Gasteiger charge is -2.32. The molecule has 0 spiro atoms. The summed E-state index contributed by atoms with van der Waals surface area (Å²) in [6, 6.07) is 18.7. The van der Waals surface area contributed by atoms with Crippen molar-refractivity contribution in [1.82, 2.24) is 24.9 Å². The quantitative estimate of drug-likeness (QED) is 0.626. The standard InChI is InChI=1S/C23H28FN5/c1-27-13-15-28(16-14-27)12-11-25-18-22-17-23(19-5-3-2-4-6-19)26-29(22)21-9-7-20(24)8-10-21/h2-10,17,25H,11-16,18H2,1H3. The minimum atomic E-state index is -0.240. The monoisotopic (exact) mass is 393 g/mol. The highest BCUT2D eigenvalue weighted by Crippen LogP contribution is 2.21. The first-order valence-electron chi connectivity index (χ1n) is 10.2. The Morgan fingerprint density at radius 3 is 2.41 bits per heavy atom. The van der Waals surface area contributed by atoms with Crippen LogP contribution >= 0.6 is 0 Å². The van der Waals surface area contributed by atoms with Gasteiger partial charge in [0.25, 0.3) is 0 Å². The first-order valence-corrected chi connectivity index (χ1v) is 10.2. The molecule has 3 aromatic rings. The number of piperazine rings is 1. The van der Waals surface area contributed by atoms with Crippen molar-refractivity contribution in [2.24, 2.45) is 0 Å². The van der Waals surface area contributed by atoms with E-state index in [1.807, 2.05) is 22.9 Å². The van der Waals surface area contributed by atoms with Crippen LogP contribution in [0.3, 0.4) is 0 Å². The molecule has 1 fully saturated rings. The molecule has 0 bridgehead atoms. The fourth-order valence-electron chi connectivity index (χ4n) is 3.63. The van der Waals surface area contributed by atoms with E-state index in [0.29, 0.717) is 6.54 Å². The second kappa shape index (κ2) is 9.31. The Morgan fingerprint density at radius 1 is 0.966 bits per heavy atom. The van der Waals surface area contributed by atoms with Crippen LogP contribution in [0.1, 0.15) is 5.69 Å². The Morgan fingerprint density at radius 2 is 1.69 bits per heavy atom. The molecule has 0 unspecified atom stereocenters. The predicted octanol–water partition coefficient (Wildman–Crippen LogP) is 3.02. The molecule has 0 aliphatic carbocycles. The highest BCUT2D eigenvalue weighted by atomic mass is 19.1. The largest absolute Gasteiger partial charge is 0.310 e. The summed E-state index contributed by atoms with van der Waals surface area (Å²) in [5, 5.41) is 8.35. The number of benzene rings is 2. The van der Waals surface area contributed by atoms with Crippen molar-refractivity contribution < 1.29 is 4.39 Å². The van der Waals surface area contributed by atoms with Crippen molar-refractivity contribution in [3.05, 3.63) is 72.2 Å². The van der Waals surface area contributed by atoms with E-state index in [9.17, 15) is 4.39 Å². The summed E-state index contributed by atoms with van der Waals surface area (Å²) in [5.41, 5.74) is 3.93. The zero-order valence-electron chi connectivity index (χ0n) is 16.9. The van der Waals surface area contributed by atoms with E-state index in [2.05, 4.69) is 40.4 Å². The zero-order valence-corrected chi connectivity index (χ0v) is 16.9. The first kappa shape index (κ1) is 19.8. The summed E-state index contributed by atoms with van der Waals surface area (Å²) in [6.07, 6.45) is 0. The molecule has 0 atom stereocenters. The molecule has 0 radical (unpaired) electrons. The molecule has 2 aromatic carbocycles. The maximum atomic E-state index is 13.4. The Labute approximate surface area is 171 Å². The summed E-state index contributed by atoms with van der Waals surface area (Å²) in [6.45, 7) is 7.22. The zero-order chi connectivity index (χ0) is 20.1. The van der Waals surface area contributed by atoms with E-state index in [-0.39, 0.29) is 5.82 Å². The van der Waals surface area contributed by atoms with Gasteiger partial charge in [-0.05, 0) is 37.4 Å². The van der Waals surface area contributed by atoms with Gasteiger partial charge < -0.3 is 10.2 Å². The summed E-state index contributed by atoms with van der Waals surface area (Å²) >= 11 is 0. The maximum absolute atomic E-state index is 13.4. The van der Waals surface area contributed by atoms with E-state index in [1.165, 1.54) is 12.1 Å². The Balaban J connectivity index is 1.45. The van der Waals surface area contributed by atoms with Crippen LogP contribution in [0.4, 0.5) is 4.39 Å². The summed E-state index contributed by atoms with van der Waals surface area (Å²) in [5.74, 6) is -0.240. The Bertz CT molecular complexity index is 899. The molecule has 1 aliphatic heterocycles. The normalized spacial score (nSPS) is 15.7. The number of hydrogen-bond acceptors (Lipinski definition) is 4. The molecule has 2 heterocycles. The lowest BCUT2D eigenvalue weighted by atomic mass is 10.1. The SMILES string of the molecule is CN1CCN(CCNCc2cc(-c3ccccc3)nn2-c2ccc(F)cc2)CC1. The maximum Gasteiger partial charge on any atom is 0.123 e. The molecule has 5 nitrogen and oxygen atoms in total. The number of nitrogens with one attached hydrogen (secondary N) is 1. The van der Waals surface area contributed by atoms with Crippen molar-refractivity contribution in [3.8, 4) is 16.9 Å². The topological polar surface area (TPSA) is 36.3 Å². The van der Waals surface area contributed by atoms with Crippen molar-refractivity contribution in [1.29, 1.82) is 0 Å². The second-order valence-electron chi connectivity index (χ2n) is 7.60. The third-order valence-corrected chi connectivity index (χ3v) is 5.43. The van der Waals surface area contributed by atoms with Gasteiger partial charge in [0.15, 0.2) is 0 Å². The van der Waals surface area contributed by atoms with Gasteiger partial charge in [0, 0.05) is 51.4 Å². The van der Waals surface area contributed by atoms with Gasteiger partial charge in [-0.25, -0.2) is 9.07 Å². The van der Waals surface area contributed by atoms with Gasteiger partial charge in [0.1, 0.15) is 5.82 Å². The summed E-state index contributed by atoms with van der Waals surface area (Å²) in [7, 11) is 2.18. The van der Waals surface area contributed by atoms with Crippen LogP contribution in [-0.2, 0) is 6.54 Å². The van der Waals surface area contributed by atoms with Gasteiger partial charge in [-0.2, -0.15) is 5.10 Å². The lowest BCUT2D eigenvalue weighted by Crippen LogP contribution is -2.46. The second-order valence-corrected chi connectivity index (χ2v) is 7.60. The van der Waals surface area contributed by atoms with Crippen LogP contribution in [0.15, 0.2) is 60.7 Å². The Kier molecular flexibility index (Phi) is 6.34. The molecular weight excluding hydrogens is 365 g/mol. The molecular formula is C23H28FN5. The molecule has 6 heteroatoms. The highest BCUT2D eigenvalue weighted by molar-refractivity contribution is 5.60. The minimum absolute atomic E-state index is 0.240. The predicted molar refractivity (Wildman–Crippen MR) is 115 cm³/mol. The minimum Gasteiger partial charge on any atom is -0.310 e. The molecule has 4 rings (SSSR count). The number of aromatic nitrogens is 2. The van der Waals surface area contributed by atoms with Gasteiger partial charge in [-0.1, -0.05) is 30.3 Å². The first-order chi connectivity index (χ1) is 14.2. The molecule has 1 saturated heterocycles. The average Bonchev–Trinajstić information content (AvgIpc) is 3.18. The molecule has 1 aromatic heterocycles. The average molecular weight is 394 g/mol. The molecule has 0 saturated carbocycles. The van der Waals surface area contributed by atoms with Crippen LogP contribution in [0.2, 0.25) is 0 Å². The van der Waals surface area contributed by atoms with Crippen LogP contribution in [0, 0.1) is 5.82 Å². The van der Waals surface area contributed by atoms with E-state index in [4.69, 9.17) is 5.10 Å². The van der Waals surface area contributed by atoms with Crippen molar-refractivity contribution in [3.63, 3.8) is 0 Å². The fraction of sp³-hybridized carbons (Fsp3) is 0.348. The van der Waals surface area contributed by atoms with E-state index < -0.39 is 0 Å². The molecule has 1 N–H and O–H groups in total. The van der Waals surface area contributed by atoms with Gasteiger partial charge in [-0.15, -0.1) is 0 Å². The number of nitrogens with zero attached hydrogens (tertiary/aromatic N) is 4. The number of hydrogen-bond donors (Lipinski definition) is 1.